The highest BCUT2D eigenvalue weighted by Crippen LogP contribution is 2.38. The van der Waals surface area contributed by atoms with Gasteiger partial charge in [0.2, 0.25) is 11.9 Å². The summed E-state index contributed by atoms with van der Waals surface area (Å²) in [6.07, 6.45) is -0.932. The molecular formula is C29H31N5O7. The van der Waals surface area contributed by atoms with Crippen LogP contribution in [0.15, 0.2) is 71.8 Å². The highest BCUT2D eigenvalue weighted by atomic mass is 16.6. The third kappa shape index (κ3) is 6.19. The third-order valence-electron chi connectivity index (χ3n) is 6.82. The molecule has 4 aromatic rings. The molecule has 0 radical (unpaired) electrons. The standard InChI is InChI=1S/C29H31N5O7/c1-18(35)34-27(37)24-26(32-29(34)30)33(17-31-24)28-25(40-19(2)36)22(15-38-13-20-9-5-3-6-10-20)23(41-28)16-39-14-21-11-7-4-8-12-21/h3-12,17,22-23,25,28H,13-16H2,1-2H3,(H2,30,32)/t22-,23-,25-,28-/m1/s1. The van der Waals surface area contributed by atoms with Crippen LogP contribution in [0.3, 0.4) is 0 Å². The summed E-state index contributed by atoms with van der Waals surface area (Å²) < 4.78 is 26.5. The minimum absolute atomic E-state index is 0.0692. The van der Waals surface area contributed by atoms with Crippen LogP contribution >= 0.6 is 0 Å². The van der Waals surface area contributed by atoms with Crippen LogP contribution < -0.4 is 11.3 Å². The van der Waals surface area contributed by atoms with Gasteiger partial charge in [0.15, 0.2) is 23.5 Å². The van der Waals surface area contributed by atoms with Crippen molar-refractivity contribution in [2.24, 2.45) is 5.92 Å². The molecule has 12 heteroatoms. The van der Waals surface area contributed by atoms with Crippen LogP contribution in [0.4, 0.5) is 5.95 Å². The Morgan fingerprint density at radius 2 is 1.56 bits per heavy atom. The number of anilines is 1. The maximum atomic E-state index is 12.9. The molecule has 5 rings (SSSR count). The van der Waals surface area contributed by atoms with Gasteiger partial charge in [0.25, 0.3) is 5.56 Å². The summed E-state index contributed by atoms with van der Waals surface area (Å²) in [7, 11) is 0. The van der Waals surface area contributed by atoms with E-state index >= 15 is 0 Å². The summed E-state index contributed by atoms with van der Waals surface area (Å²) in [6, 6.07) is 19.4. The van der Waals surface area contributed by atoms with Gasteiger partial charge in [-0.3, -0.25) is 19.0 Å². The van der Waals surface area contributed by atoms with E-state index in [9.17, 15) is 14.4 Å². The smallest absolute Gasteiger partial charge is 0.303 e. The first-order valence-electron chi connectivity index (χ1n) is 13.2. The van der Waals surface area contributed by atoms with Crippen molar-refractivity contribution in [3.63, 3.8) is 0 Å². The molecular weight excluding hydrogens is 530 g/mol. The number of carbonyl (C=O) groups is 2. The van der Waals surface area contributed by atoms with E-state index in [4.69, 9.17) is 24.7 Å². The molecule has 4 atom stereocenters. The van der Waals surface area contributed by atoms with Gasteiger partial charge in [-0.05, 0) is 11.1 Å². The fourth-order valence-corrected chi connectivity index (χ4v) is 4.94. The molecule has 0 bridgehead atoms. The normalized spacial score (nSPS) is 20.3. The topological polar surface area (TPSA) is 150 Å². The van der Waals surface area contributed by atoms with Gasteiger partial charge in [-0.2, -0.15) is 4.98 Å². The molecule has 0 amide bonds. The van der Waals surface area contributed by atoms with Crippen LogP contribution in [-0.2, 0) is 37.0 Å². The first-order valence-corrected chi connectivity index (χ1v) is 13.2. The van der Waals surface area contributed by atoms with Crippen molar-refractivity contribution in [2.45, 2.75) is 45.5 Å². The molecule has 2 N–H and O–H groups in total. The van der Waals surface area contributed by atoms with Crippen molar-refractivity contribution < 1.29 is 28.5 Å². The zero-order chi connectivity index (χ0) is 28.9. The number of aromatic nitrogens is 4. The maximum Gasteiger partial charge on any atom is 0.303 e. The number of hydrogen-bond acceptors (Lipinski definition) is 10. The van der Waals surface area contributed by atoms with E-state index < -0.39 is 41.8 Å². The van der Waals surface area contributed by atoms with Crippen LogP contribution in [-0.4, -0.2) is 56.4 Å². The second-order valence-corrected chi connectivity index (χ2v) is 9.76. The van der Waals surface area contributed by atoms with Crippen molar-refractivity contribution in [2.75, 3.05) is 18.9 Å². The Morgan fingerprint density at radius 3 is 2.15 bits per heavy atom. The number of hydrogen-bond donors (Lipinski definition) is 1. The minimum Gasteiger partial charge on any atom is -0.457 e. The lowest BCUT2D eigenvalue weighted by Crippen LogP contribution is -2.35. The van der Waals surface area contributed by atoms with Crippen LogP contribution in [0.2, 0.25) is 0 Å². The highest BCUT2D eigenvalue weighted by Gasteiger charge is 2.48. The number of nitrogens with two attached hydrogens (primary N) is 1. The molecule has 0 spiro atoms. The van der Waals surface area contributed by atoms with E-state index in [0.29, 0.717) is 13.2 Å². The van der Waals surface area contributed by atoms with Gasteiger partial charge < -0.3 is 24.7 Å². The predicted molar refractivity (Wildman–Crippen MR) is 148 cm³/mol. The van der Waals surface area contributed by atoms with Gasteiger partial charge in [0.1, 0.15) is 0 Å². The highest BCUT2D eigenvalue weighted by molar-refractivity contribution is 5.82. The van der Waals surface area contributed by atoms with Gasteiger partial charge in [-0.25, -0.2) is 9.55 Å². The zero-order valence-corrected chi connectivity index (χ0v) is 22.7. The average Bonchev–Trinajstić information content (AvgIpc) is 3.51. The summed E-state index contributed by atoms with van der Waals surface area (Å²) in [4.78, 5) is 45.6. The zero-order valence-electron chi connectivity index (χ0n) is 22.7. The Labute approximate surface area is 235 Å². The molecule has 41 heavy (non-hydrogen) atoms. The molecule has 2 aromatic heterocycles. The Hall–Kier alpha value is -4.39. The van der Waals surface area contributed by atoms with Gasteiger partial charge >= 0.3 is 5.97 Å². The van der Waals surface area contributed by atoms with Gasteiger partial charge in [0, 0.05) is 13.8 Å². The largest absolute Gasteiger partial charge is 0.457 e. The van der Waals surface area contributed by atoms with Crippen LogP contribution in [0, 0.1) is 5.92 Å². The molecule has 0 saturated carbocycles. The number of fused-ring (bicyclic) bond motifs is 1. The van der Waals surface area contributed by atoms with Crippen LogP contribution in [0.5, 0.6) is 0 Å². The predicted octanol–water partition coefficient (Wildman–Crippen LogP) is 2.71. The van der Waals surface area contributed by atoms with Crippen molar-refractivity contribution >= 4 is 29.0 Å². The summed E-state index contributed by atoms with van der Waals surface area (Å²) in [5.74, 6) is -1.82. The summed E-state index contributed by atoms with van der Waals surface area (Å²) in [5.41, 5.74) is 7.27. The van der Waals surface area contributed by atoms with E-state index in [1.807, 2.05) is 60.7 Å². The number of nitrogens with zero attached hydrogens (tertiary/aromatic N) is 4. The molecule has 1 fully saturated rings. The molecule has 214 valence electrons. The van der Waals surface area contributed by atoms with E-state index in [1.165, 1.54) is 24.7 Å². The van der Waals surface area contributed by atoms with Crippen LogP contribution in [0.1, 0.15) is 36.0 Å². The number of nitrogen functional groups attached to an aromatic ring is 1. The Balaban J connectivity index is 1.45. The van der Waals surface area contributed by atoms with Gasteiger partial charge in [0.05, 0.1) is 44.8 Å². The average molecular weight is 562 g/mol. The van der Waals surface area contributed by atoms with Crippen molar-refractivity contribution in [1.82, 2.24) is 19.1 Å². The quantitative estimate of drug-likeness (QED) is 0.286. The number of esters is 1. The van der Waals surface area contributed by atoms with Crippen molar-refractivity contribution in [3.8, 4) is 0 Å². The lowest BCUT2D eigenvalue weighted by molar-refractivity contribution is -0.154. The van der Waals surface area contributed by atoms with E-state index in [0.717, 1.165) is 15.7 Å². The Bertz CT molecular complexity index is 1570. The maximum absolute atomic E-state index is 12.9. The Morgan fingerprint density at radius 1 is 0.951 bits per heavy atom. The molecule has 3 heterocycles. The number of rotatable bonds is 10. The molecule has 0 aliphatic carbocycles. The van der Waals surface area contributed by atoms with Crippen molar-refractivity contribution in [3.05, 3.63) is 88.5 Å². The van der Waals surface area contributed by atoms with Crippen LogP contribution in [0.25, 0.3) is 11.2 Å². The monoisotopic (exact) mass is 561 g/mol. The van der Waals surface area contributed by atoms with Gasteiger partial charge in [-0.1, -0.05) is 60.7 Å². The number of benzene rings is 2. The summed E-state index contributed by atoms with van der Waals surface area (Å²) >= 11 is 0. The fourth-order valence-electron chi connectivity index (χ4n) is 4.94. The van der Waals surface area contributed by atoms with Gasteiger partial charge in [-0.15, -0.1) is 0 Å². The fraction of sp³-hybridized carbons (Fsp3) is 0.345. The van der Waals surface area contributed by atoms with E-state index in [-0.39, 0.29) is 30.3 Å². The molecule has 1 aliphatic heterocycles. The second-order valence-electron chi connectivity index (χ2n) is 9.76. The van der Waals surface area contributed by atoms with E-state index in [2.05, 4.69) is 9.97 Å². The molecule has 12 nitrogen and oxygen atoms in total. The minimum atomic E-state index is -0.918. The molecule has 0 unspecified atom stereocenters. The Kier molecular flexibility index (Phi) is 8.53. The number of carbonyl (C=O) groups excluding carboxylic acids is 2. The number of imidazole rings is 1. The third-order valence-corrected chi connectivity index (χ3v) is 6.82. The first kappa shape index (κ1) is 28.1. The van der Waals surface area contributed by atoms with E-state index in [1.54, 1.807) is 0 Å². The summed E-state index contributed by atoms with van der Waals surface area (Å²) in [5, 5.41) is 0. The molecule has 2 aromatic carbocycles. The first-order chi connectivity index (χ1) is 19.8. The molecule has 1 saturated heterocycles. The lowest BCUT2D eigenvalue weighted by Gasteiger charge is -2.24. The SMILES string of the molecule is CC(=O)O[C@@H]1[C@H](COCc2ccccc2)[C@@H](COCc2ccccc2)O[C@H]1n1cnc2c(=O)n(C(C)=O)c(N)nc21. The lowest BCUT2D eigenvalue weighted by atomic mass is 9.99. The summed E-state index contributed by atoms with van der Waals surface area (Å²) in [6.45, 7) is 3.61. The molecule has 1 aliphatic rings. The van der Waals surface area contributed by atoms with Crippen molar-refractivity contribution in [1.29, 1.82) is 0 Å². The number of ether oxygens (including phenoxy) is 4. The second kappa shape index (κ2) is 12.4.